The molecule has 0 bridgehead atoms. The Balaban J connectivity index is 3.86. The summed E-state index contributed by atoms with van der Waals surface area (Å²) >= 11 is 0. The molecule has 46 valence electrons. The molecule has 0 atom stereocenters. The van der Waals surface area contributed by atoms with Crippen molar-refractivity contribution in [1.29, 1.82) is 0 Å². The Hall–Kier alpha value is -0.265. The van der Waals surface area contributed by atoms with Crippen molar-refractivity contribution >= 4 is 12.9 Å². The van der Waals surface area contributed by atoms with Crippen LogP contribution < -0.4 is 0 Å². The molecule has 1 nitrogen and oxygen atoms in total. The summed E-state index contributed by atoms with van der Waals surface area (Å²) in [5, 5.41) is 0. The second-order valence-corrected chi connectivity index (χ2v) is 2.17. The molecule has 2 heteroatoms. The Morgan fingerprint density at radius 3 is 2.00 bits per heavy atom. The Labute approximate surface area is 52.7 Å². The van der Waals surface area contributed by atoms with Gasteiger partial charge in [0.1, 0.15) is 19.7 Å². The van der Waals surface area contributed by atoms with E-state index in [2.05, 4.69) is 32.4 Å². The van der Waals surface area contributed by atoms with Gasteiger partial charge in [-0.3, -0.25) is 4.58 Å². The van der Waals surface area contributed by atoms with Gasteiger partial charge in [-0.25, -0.2) is 0 Å². The van der Waals surface area contributed by atoms with Crippen molar-refractivity contribution in [3.8, 4) is 0 Å². The van der Waals surface area contributed by atoms with Crippen LogP contribution in [0.5, 0.6) is 0 Å². The van der Waals surface area contributed by atoms with Crippen LogP contribution in [0.2, 0.25) is 6.82 Å². The summed E-state index contributed by atoms with van der Waals surface area (Å²) in [6.45, 7) is 4.39. The van der Waals surface area contributed by atoms with Crippen LogP contribution in [0.15, 0.2) is 0 Å². The van der Waals surface area contributed by atoms with E-state index in [1.165, 1.54) is 19.3 Å². The predicted molar refractivity (Wildman–Crippen MR) is 40.4 cm³/mol. The van der Waals surface area contributed by atoms with E-state index in [9.17, 15) is 0 Å². The van der Waals surface area contributed by atoms with Gasteiger partial charge >= 0.3 is 0 Å². The third kappa shape index (κ3) is 2.15. The minimum Gasteiger partial charge on any atom is -0.252 e. The normalized spacial score (nSPS) is 8.50. The van der Waals surface area contributed by atoms with E-state index in [0.29, 0.717) is 0 Å². The van der Waals surface area contributed by atoms with Crippen molar-refractivity contribution in [3.63, 3.8) is 0 Å². The van der Waals surface area contributed by atoms with Crippen LogP contribution in [0.25, 0.3) is 0 Å². The number of hydrogen-bond acceptors (Lipinski definition) is 0. The summed E-state index contributed by atoms with van der Waals surface area (Å²) in [6, 6.07) is 0. The molecule has 8 heavy (non-hydrogen) atoms. The Kier molecular flexibility index (Phi) is 3.58. The van der Waals surface area contributed by atoms with Crippen LogP contribution in [-0.4, -0.2) is 31.6 Å². The van der Waals surface area contributed by atoms with Crippen LogP contribution in [-0.2, 0) is 0 Å². The summed E-state index contributed by atoms with van der Waals surface area (Å²) in [5.41, 5.74) is 1.52. The van der Waals surface area contributed by atoms with Gasteiger partial charge in [0.05, 0.1) is 0 Å². The molecular weight excluding hydrogens is 96.9 g/mol. The fourth-order valence-electron chi connectivity index (χ4n) is 0.882. The maximum Gasteiger partial charge on any atom is 0.233 e. The number of hydrogen-bond donors (Lipinski definition) is 0. The summed E-state index contributed by atoms with van der Waals surface area (Å²) in [7, 11) is 5.38. The molecule has 0 radical (unpaired) electrons. The van der Waals surface area contributed by atoms with Gasteiger partial charge in [-0.2, -0.15) is 0 Å². The zero-order valence-corrected chi connectivity index (χ0v) is 6.36. The topological polar surface area (TPSA) is 3.01 Å². The van der Waals surface area contributed by atoms with Crippen LogP contribution >= 0.6 is 0 Å². The molecule has 0 heterocycles. The van der Waals surface area contributed by atoms with E-state index < -0.39 is 0 Å². The molecular formula is C6H15BN+. The highest BCUT2D eigenvalue weighted by Crippen LogP contribution is 1.79. The largest absolute Gasteiger partial charge is 0.252 e. The highest BCUT2D eigenvalue weighted by Gasteiger charge is 1.99. The van der Waals surface area contributed by atoms with Crippen molar-refractivity contribution < 1.29 is 4.58 Å². The van der Waals surface area contributed by atoms with Gasteiger partial charge in [-0.1, -0.05) is 13.7 Å². The maximum atomic E-state index is 2.19. The Morgan fingerprint density at radius 1 is 1.50 bits per heavy atom. The highest BCUT2D eigenvalue weighted by atomic mass is 14.9. The number of rotatable bonds is 2. The standard InChI is InChI=1S/C6H15BN/c1-5-6(7-2)8(3)4/h7H,5H2,1-4H3/q+1. The number of nitrogens with zero attached hydrogens (tertiary/aromatic N) is 1. The molecule has 0 amide bonds. The monoisotopic (exact) mass is 112 g/mol. The van der Waals surface area contributed by atoms with Crippen LogP contribution in [0, 0.1) is 0 Å². The lowest BCUT2D eigenvalue weighted by Gasteiger charge is -1.93. The third-order valence-corrected chi connectivity index (χ3v) is 1.45. The maximum absolute atomic E-state index is 2.19. The smallest absolute Gasteiger partial charge is 0.233 e. The Morgan fingerprint density at radius 2 is 2.00 bits per heavy atom. The van der Waals surface area contributed by atoms with E-state index >= 15 is 0 Å². The molecule has 0 unspecified atom stereocenters. The van der Waals surface area contributed by atoms with Gasteiger partial charge in [-0.05, 0) is 0 Å². The second kappa shape index (κ2) is 3.70. The lowest BCUT2D eigenvalue weighted by molar-refractivity contribution is -0.463. The van der Waals surface area contributed by atoms with E-state index in [1.54, 1.807) is 0 Å². The molecule has 0 aromatic heterocycles. The first kappa shape index (κ1) is 7.73. The summed E-state index contributed by atoms with van der Waals surface area (Å²) in [4.78, 5) is 0. The molecule has 0 aliphatic carbocycles. The zero-order valence-electron chi connectivity index (χ0n) is 6.36. The van der Waals surface area contributed by atoms with Gasteiger partial charge in [-0.15, -0.1) is 0 Å². The lowest BCUT2D eigenvalue weighted by Crippen LogP contribution is -2.16. The Bertz CT molecular complexity index is 86.7. The van der Waals surface area contributed by atoms with Crippen molar-refractivity contribution in [3.05, 3.63) is 0 Å². The van der Waals surface area contributed by atoms with Gasteiger partial charge in [0.15, 0.2) is 0 Å². The SMILES string of the molecule is CBC(CC)=[N+](C)C. The molecule has 0 rings (SSSR count). The van der Waals surface area contributed by atoms with Crippen LogP contribution in [0.4, 0.5) is 0 Å². The van der Waals surface area contributed by atoms with Gasteiger partial charge in [0, 0.05) is 6.42 Å². The van der Waals surface area contributed by atoms with Crippen molar-refractivity contribution in [2.24, 2.45) is 0 Å². The van der Waals surface area contributed by atoms with E-state index in [4.69, 9.17) is 0 Å². The van der Waals surface area contributed by atoms with Crippen molar-refractivity contribution in [1.82, 2.24) is 0 Å². The first-order valence-electron chi connectivity index (χ1n) is 3.24. The average Bonchev–Trinajstić information content (AvgIpc) is 1.69. The fraction of sp³-hybridized carbons (Fsp3) is 0.833. The molecule has 0 N–H and O–H groups in total. The minimum absolute atomic E-state index is 1.18. The highest BCUT2D eigenvalue weighted by molar-refractivity contribution is 6.73. The van der Waals surface area contributed by atoms with Gasteiger partial charge < -0.3 is 0 Å². The first-order chi connectivity index (χ1) is 3.72. The summed E-state index contributed by atoms with van der Waals surface area (Å²) < 4.78 is 2.19. The summed E-state index contributed by atoms with van der Waals surface area (Å²) in [6.07, 6.45) is 1.18. The van der Waals surface area contributed by atoms with E-state index in [-0.39, 0.29) is 0 Å². The molecule has 0 saturated carbocycles. The average molecular weight is 112 g/mol. The molecule has 0 spiro atoms. The van der Waals surface area contributed by atoms with Crippen LogP contribution in [0.1, 0.15) is 13.3 Å². The molecule has 0 fully saturated rings. The predicted octanol–water partition coefficient (Wildman–Crippen LogP) is 0.552. The zero-order chi connectivity index (χ0) is 6.57. The first-order valence-corrected chi connectivity index (χ1v) is 3.24. The second-order valence-electron chi connectivity index (χ2n) is 2.17. The van der Waals surface area contributed by atoms with Gasteiger partial charge in [0.25, 0.3) is 0 Å². The lowest BCUT2D eigenvalue weighted by atomic mass is 9.74. The molecule has 0 saturated heterocycles. The van der Waals surface area contributed by atoms with Gasteiger partial charge in [0.2, 0.25) is 7.28 Å². The molecule has 0 aliphatic heterocycles. The quantitative estimate of drug-likeness (QED) is 0.279. The minimum atomic E-state index is 1.18. The van der Waals surface area contributed by atoms with Crippen molar-refractivity contribution in [2.75, 3.05) is 14.1 Å². The summed E-state index contributed by atoms with van der Waals surface area (Å²) in [5.74, 6) is 0. The van der Waals surface area contributed by atoms with Crippen molar-refractivity contribution in [2.45, 2.75) is 20.2 Å². The third-order valence-electron chi connectivity index (χ3n) is 1.45. The molecule has 0 aromatic carbocycles. The van der Waals surface area contributed by atoms with E-state index in [0.717, 1.165) is 0 Å². The van der Waals surface area contributed by atoms with Crippen LogP contribution in [0.3, 0.4) is 0 Å². The molecule has 0 aliphatic rings. The molecule has 0 aromatic rings. The van der Waals surface area contributed by atoms with E-state index in [1.807, 2.05) is 0 Å². The fourth-order valence-corrected chi connectivity index (χ4v) is 0.882.